The molecule has 6 heteroatoms. The molecular formula is C19H13FN4O. The molecule has 2 aromatic carbocycles. The largest absolute Gasteiger partial charge is 0.475 e. The zero-order valence-corrected chi connectivity index (χ0v) is 13.2. The highest BCUT2D eigenvalue weighted by Gasteiger charge is 2.25. The Balaban J connectivity index is 1.75. The van der Waals surface area contributed by atoms with E-state index in [1.54, 1.807) is 24.5 Å². The molecule has 0 amide bonds. The second-order valence-corrected chi connectivity index (χ2v) is 5.87. The van der Waals surface area contributed by atoms with Gasteiger partial charge in [-0.05, 0) is 42.0 Å². The molecule has 0 N–H and O–H groups in total. The third kappa shape index (κ3) is 2.26. The molecule has 0 spiro atoms. The summed E-state index contributed by atoms with van der Waals surface area (Å²) in [6.45, 7) is 1.31. The van der Waals surface area contributed by atoms with E-state index in [9.17, 15) is 4.39 Å². The van der Waals surface area contributed by atoms with E-state index in [1.807, 2.05) is 22.9 Å². The van der Waals surface area contributed by atoms with Crippen LogP contribution in [0.15, 0.2) is 54.9 Å². The standard InChI is InChI=1S/C19H13FN4O/c20-14-4-1-12(2-5-14)18-17(19-24(23-18)9-10-25-19)13-3-6-15-16(11-13)22-8-7-21-15/h1-8,11H,9-10H2. The van der Waals surface area contributed by atoms with Crippen molar-refractivity contribution in [3.8, 4) is 28.3 Å². The first-order valence-corrected chi connectivity index (χ1v) is 8.00. The Morgan fingerprint density at radius 2 is 1.68 bits per heavy atom. The summed E-state index contributed by atoms with van der Waals surface area (Å²) in [5.74, 6) is 0.469. The maximum atomic E-state index is 13.3. The van der Waals surface area contributed by atoms with Gasteiger partial charge in [-0.15, -0.1) is 0 Å². The van der Waals surface area contributed by atoms with Gasteiger partial charge in [0, 0.05) is 18.0 Å². The molecule has 0 saturated heterocycles. The van der Waals surface area contributed by atoms with E-state index in [4.69, 9.17) is 4.74 Å². The van der Waals surface area contributed by atoms with Gasteiger partial charge in [-0.25, -0.2) is 9.07 Å². The average Bonchev–Trinajstić information content (AvgIpc) is 3.23. The Morgan fingerprint density at radius 3 is 2.52 bits per heavy atom. The molecule has 1 aliphatic rings. The number of ether oxygens (including phenoxy) is 1. The molecule has 3 heterocycles. The molecule has 0 atom stereocenters. The summed E-state index contributed by atoms with van der Waals surface area (Å²) in [4.78, 5) is 8.69. The monoisotopic (exact) mass is 332 g/mol. The van der Waals surface area contributed by atoms with Crippen LogP contribution in [0.3, 0.4) is 0 Å². The third-order valence-corrected chi connectivity index (χ3v) is 4.32. The van der Waals surface area contributed by atoms with Crippen molar-refractivity contribution >= 4 is 11.0 Å². The van der Waals surface area contributed by atoms with Crippen LogP contribution in [0.1, 0.15) is 0 Å². The van der Waals surface area contributed by atoms with Crippen LogP contribution in [0.4, 0.5) is 4.39 Å². The van der Waals surface area contributed by atoms with Crippen LogP contribution in [-0.4, -0.2) is 26.4 Å². The lowest BCUT2D eigenvalue weighted by Crippen LogP contribution is -1.96. The van der Waals surface area contributed by atoms with E-state index in [0.717, 1.165) is 39.3 Å². The number of fused-ring (bicyclic) bond motifs is 2. The molecule has 0 bridgehead atoms. The first kappa shape index (κ1) is 14.1. The Bertz CT molecular complexity index is 1090. The smallest absolute Gasteiger partial charge is 0.220 e. The van der Waals surface area contributed by atoms with Crippen molar-refractivity contribution in [1.82, 2.24) is 19.7 Å². The Labute approximate surface area is 142 Å². The van der Waals surface area contributed by atoms with Crippen molar-refractivity contribution in [3.05, 3.63) is 60.7 Å². The van der Waals surface area contributed by atoms with Crippen molar-refractivity contribution in [2.24, 2.45) is 0 Å². The summed E-state index contributed by atoms with van der Waals surface area (Å²) in [7, 11) is 0. The van der Waals surface area contributed by atoms with E-state index in [1.165, 1.54) is 12.1 Å². The lowest BCUT2D eigenvalue weighted by atomic mass is 10.0. The van der Waals surface area contributed by atoms with Crippen molar-refractivity contribution in [2.75, 3.05) is 6.61 Å². The van der Waals surface area contributed by atoms with E-state index in [0.29, 0.717) is 13.2 Å². The number of hydrogen-bond donors (Lipinski definition) is 0. The van der Waals surface area contributed by atoms with Gasteiger partial charge in [-0.2, -0.15) is 5.10 Å². The second kappa shape index (κ2) is 5.37. The number of halogens is 1. The summed E-state index contributed by atoms with van der Waals surface area (Å²) >= 11 is 0. The lowest BCUT2D eigenvalue weighted by molar-refractivity contribution is 0.358. The Kier molecular flexibility index (Phi) is 3.03. The third-order valence-electron chi connectivity index (χ3n) is 4.32. The molecule has 4 aromatic rings. The molecule has 25 heavy (non-hydrogen) atoms. The van der Waals surface area contributed by atoms with Gasteiger partial charge in [-0.1, -0.05) is 6.07 Å². The van der Waals surface area contributed by atoms with Crippen molar-refractivity contribution in [2.45, 2.75) is 6.54 Å². The summed E-state index contributed by atoms with van der Waals surface area (Å²) in [6.07, 6.45) is 3.35. The molecule has 5 nitrogen and oxygen atoms in total. The van der Waals surface area contributed by atoms with E-state index in [2.05, 4.69) is 15.1 Å². The molecule has 1 aliphatic heterocycles. The molecule has 5 rings (SSSR count). The first-order chi connectivity index (χ1) is 12.3. The average molecular weight is 332 g/mol. The molecule has 2 aromatic heterocycles. The van der Waals surface area contributed by atoms with Crippen LogP contribution < -0.4 is 4.74 Å². The highest BCUT2D eigenvalue weighted by Crippen LogP contribution is 2.41. The number of rotatable bonds is 2. The maximum absolute atomic E-state index is 13.3. The molecule has 0 radical (unpaired) electrons. The highest BCUT2D eigenvalue weighted by atomic mass is 19.1. The Morgan fingerprint density at radius 1 is 0.920 bits per heavy atom. The number of aromatic nitrogens is 4. The molecular weight excluding hydrogens is 319 g/mol. The normalized spacial score (nSPS) is 13.0. The maximum Gasteiger partial charge on any atom is 0.220 e. The fraction of sp³-hybridized carbons (Fsp3) is 0.105. The second-order valence-electron chi connectivity index (χ2n) is 5.87. The van der Waals surface area contributed by atoms with Gasteiger partial charge in [0.25, 0.3) is 0 Å². The van der Waals surface area contributed by atoms with Crippen LogP contribution in [0.25, 0.3) is 33.4 Å². The van der Waals surface area contributed by atoms with Gasteiger partial charge in [0.1, 0.15) is 18.1 Å². The highest BCUT2D eigenvalue weighted by molar-refractivity contribution is 5.89. The van der Waals surface area contributed by atoms with Crippen LogP contribution in [0, 0.1) is 5.82 Å². The fourth-order valence-corrected chi connectivity index (χ4v) is 3.16. The molecule has 0 unspecified atom stereocenters. The predicted molar refractivity (Wildman–Crippen MR) is 91.6 cm³/mol. The zero-order chi connectivity index (χ0) is 16.8. The van der Waals surface area contributed by atoms with Crippen molar-refractivity contribution in [3.63, 3.8) is 0 Å². The van der Waals surface area contributed by atoms with Gasteiger partial charge in [-0.3, -0.25) is 9.97 Å². The molecule has 122 valence electrons. The minimum Gasteiger partial charge on any atom is -0.475 e. The minimum atomic E-state index is -0.269. The quantitative estimate of drug-likeness (QED) is 0.562. The predicted octanol–water partition coefficient (Wildman–Crippen LogP) is 3.69. The summed E-state index contributed by atoms with van der Waals surface area (Å²) in [6, 6.07) is 12.3. The molecule has 0 saturated carbocycles. The number of nitrogens with zero attached hydrogens (tertiary/aromatic N) is 4. The van der Waals surface area contributed by atoms with Gasteiger partial charge >= 0.3 is 0 Å². The fourth-order valence-electron chi connectivity index (χ4n) is 3.16. The summed E-state index contributed by atoms with van der Waals surface area (Å²) in [5.41, 5.74) is 5.12. The molecule has 0 fully saturated rings. The van der Waals surface area contributed by atoms with Gasteiger partial charge in [0.15, 0.2) is 0 Å². The topological polar surface area (TPSA) is 52.8 Å². The lowest BCUT2D eigenvalue weighted by Gasteiger charge is -2.07. The Hall–Kier alpha value is -3.28. The number of hydrogen-bond acceptors (Lipinski definition) is 4. The van der Waals surface area contributed by atoms with Crippen molar-refractivity contribution < 1.29 is 9.13 Å². The van der Waals surface area contributed by atoms with Crippen LogP contribution in [-0.2, 0) is 6.54 Å². The van der Waals surface area contributed by atoms with E-state index >= 15 is 0 Å². The van der Waals surface area contributed by atoms with Gasteiger partial charge in [0.05, 0.1) is 23.1 Å². The number of benzene rings is 2. The zero-order valence-electron chi connectivity index (χ0n) is 13.2. The summed E-state index contributed by atoms with van der Waals surface area (Å²) in [5, 5.41) is 4.68. The van der Waals surface area contributed by atoms with E-state index in [-0.39, 0.29) is 5.82 Å². The van der Waals surface area contributed by atoms with Crippen LogP contribution in [0.5, 0.6) is 5.88 Å². The van der Waals surface area contributed by atoms with E-state index < -0.39 is 0 Å². The summed E-state index contributed by atoms with van der Waals surface area (Å²) < 4.78 is 21.0. The minimum absolute atomic E-state index is 0.269. The first-order valence-electron chi connectivity index (χ1n) is 8.00. The SMILES string of the molecule is Fc1ccc(-c2nn3c(c2-c2ccc4nccnc4c2)OCC3)cc1. The van der Waals surface area contributed by atoms with Crippen LogP contribution in [0.2, 0.25) is 0 Å². The van der Waals surface area contributed by atoms with Gasteiger partial charge < -0.3 is 4.74 Å². The molecule has 0 aliphatic carbocycles. The van der Waals surface area contributed by atoms with Crippen LogP contribution >= 0.6 is 0 Å². The van der Waals surface area contributed by atoms with Gasteiger partial charge in [0.2, 0.25) is 5.88 Å². The van der Waals surface area contributed by atoms with Crippen molar-refractivity contribution in [1.29, 1.82) is 0 Å².